The van der Waals surface area contributed by atoms with Crippen molar-refractivity contribution in [2.45, 2.75) is 5.60 Å². The molecule has 0 amide bonds. The quantitative estimate of drug-likeness (QED) is 0.326. The number of rotatable bonds is 2. The van der Waals surface area contributed by atoms with E-state index in [4.69, 9.17) is 0 Å². The van der Waals surface area contributed by atoms with Gasteiger partial charge in [-0.3, -0.25) is 14.8 Å². The number of nitrogens with zero attached hydrogens (tertiary/aromatic N) is 2. The second-order valence-corrected chi connectivity index (χ2v) is 3.35. The third kappa shape index (κ3) is 1.62. The summed E-state index contributed by atoms with van der Waals surface area (Å²) in [5, 5.41) is 19.2. The first-order valence-corrected chi connectivity index (χ1v) is 3.37. The fourth-order valence-corrected chi connectivity index (χ4v) is 1.73. The summed E-state index contributed by atoms with van der Waals surface area (Å²) < 4.78 is 1.75. The number of aliphatic hydroxyl groups is 1. The van der Waals surface area contributed by atoms with Crippen LogP contribution in [0, 0.1) is 10.1 Å². The molecular weight excluding hydrogens is 155 g/mol. The van der Waals surface area contributed by atoms with E-state index in [1.165, 1.54) is 0 Å². The molecule has 0 aromatic carbocycles. The summed E-state index contributed by atoms with van der Waals surface area (Å²) in [4.78, 5) is 9.45. The van der Waals surface area contributed by atoms with E-state index in [2.05, 4.69) is 9.39 Å². The molecular formula is C4H9N2O3P. The van der Waals surface area contributed by atoms with Gasteiger partial charge in [0.1, 0.15) is 0 Å². The van der Waals surface area contributed by atoms with E-state index in [-0.39, 0.29) is 6.54 Å². The van der Waals surface area contributed by atoms with Gasteiger partial charge in [0.05, 0.1) is 0 Å². The van der Waals surface area contributed by atoms with Gasteiger partial charge in [-0.2, -0.15) is 0 Å². The Morgan fingerprint density at radius 2 is 2.30 bits per heavy atom. The summed E-state index contributed by atoms with van der Waals surface area (Å²) in [6.07, 6.45) is 0. The molecule has 1 fully saturated rings. The molecule has 58 valence electrons. The SMILES string of the molecule is O=[N+]([O-])CC1(O)CN(P)C1. The van der Waals surface area contributed by atoms with Crippen LogP contribution >= 0.6 is 9.39 Å². The second kappa shape index (κ2) is 2.42. The minimum absolute atomic E-state index is 0.349. The average Bonchev–Trinajstić information content (AvgIpc) is 1.57. The molecule has 1 N–H and O–H groups in total. The summed E-state index contributed by atoms with van der Waals surface area (Å²) in [5.74, 6) is 0. The molecule has 0 saturated carbocycles. The van der Waals surface area contributed by atoms with Crippen molar-refractivity contribution in [1.82, 2.24) is 4.67 Å². The van der Waals surface area contributed by atoms with Crippen molar-refractivity contribution in [1.29, 1.82) is 0 Å². The van der Waals surface area contributed by atoms with Gasteiger partial charge in [-0.15, -0.1) is 0 Å². The van der Waals surface area contributed by atoms with E-state index >= 15 is 0 Å². The third-order valence-electron chi connectivity index (χ3n) is 1.42. The Morgan fingerprint density at radius 3 is 2.60 bits per heavy atom. The Hall–Kier alpha value is -0.250. The number of β-amino-alcohol motifs (C(OH)–C–C–N with tert-alkyl or cyclic N) is 1. The first-order valence-electron chi connectivity index (χ1n) is 2.86. The smallest absolute Gasteiger partial charge is 0.234 e. The van der Waals surface area contributed by atoms with Crippen molar-refractivity contribution >= 4 is 9.39 Å². The predicted molar refractivity (Wildman–Crippen MR) is 38.1 cm³/mol. The Kier molecular flexibility index (Phi) is 1.90. The van der Waals surface area contributed by atoms with E-state index < -0.39 is 10.5 Å². The first kappa shape index (κ1) is 7.85. The minimum atomic E-state index is -1.08. The van der Waals surface area contributed by atoms with E-state index in [0.29, 0.717) is 13.1 Å². The highest BCUT2D eigenvalue weighted by Gasteiger charge is 2.43. The van der Waals surface area contributed by atoms with Gasteiger partial charge in [0.2, 0.25) is 6.54 Å². The molecule has 0 aliphatic carbocycles. The average molecular weight is 164 g/mol. The molecule has 0 bridgehead atoms. The lowest BCUT2D eigenvalue weighted by atomic mass is 9.98. The highest BCUT2D eigenvalue weighted by Crippen LogP contribution is 2.23. The van der Waals surface area contributed by atoms with Gasteiger partial charge in [0.25, 0.3) is 0 Å². The van der Waals surface area contributed by atoms with Crippen molar-refractivity contribution < 1.29 is 10.0 Å². The molecule has 6 heteroatoms. The zero-order chi connectivity index (χ0) is 7.78. The van der Waals surface area contributed by atoms with E-state index in [0.717, 1.165) is 0 Å². The molecule has 0 radical (unpaired) electrons. The molecule has 1 heterocycles. The minimum Gasteiger partial charge on any atom is -0.380 e. The lowest BCUT2D eigenvalue weighted by Gasteiger charge is -2.40. The Morgan fingerprint density at radius 1 is 1.80 bits per heavy atom. The monoisotopic (exact) mass is 164 g/mol. The van der Waals surface area contributed by atoms with Gasteiger partial charge in [-0.25, -0.2) is 0 Å². The Labute approximate surface area is 60.4 Å². The number of nitro groups is 1. The van der Waals surface area contributed by atoms with E-state index in [9.17, 15) is 15.2 Å². The Balaban J connectivity index is 2.34. The third-order valence-corrected chi connectivity index (χ3v) is 1.78. The van der Waals surface area contributed by atoms with Crippen LogP contribution in [0.2, 0.25) is 0 Å². The fraction of sp³-hybridized carbons (Fsp3) is 1.00. The number of hydrogen-bond acceptors (Lipinski definition) is 4. The summed E-state index contributed by atoms with van der Waals surface area (Å²) in [6.45, 7) is 0.398. The van der Waals surface area contributed by atoms with Crippen LogP contribution in [0.3, 0.4) is 0 Å². The van der Waals surface area contributed by atoms with Gasteiger partial charge in [0, 0.05) is 18.0 Å². The lowest BCUT2D eigenvalue weighted by Crippen LogP contribution is -2.61. The zero-order valence-electron chi connectivity index (χ0n) is 5.36. The maximum absolute atomic E-state index is 9.93. The van der Waals surface area contributed by atoms with E-state index in [1.54, 1.807) is 4.67 Å². The zero-order valence-corrected chi connectivity index (χ0v) is 6.51. The van der Waals surface area contributed by atoms with Crippen LogP contribution < -0.4 is 0 Å². The van der Waals surface area contributed by atoms with Crippen molar-refractivity contribution in [3.63, 3.8) is 0 Å². The molecule has 1 unspecified atom stereocenters. The first-order chi connectivity index (χ1) is 4.52. The molecule has 0 aromatic rings. The molecule has 1 atom stereocenters. The lowest BCUT2D eigenvalue weighted by molar-refractivity contribution is -0.504. The summed E-state index contributed by atoms with van der Waals surface area (Å²) in [7, 11) is 2.38. The second-order valence-electron chi connectivity index (χ2n) is 2.62. The molecule has 0 spiro atoms. The van der Waals surface area contributed by atoms with Crippen LogP contribution in [0.25, 0.3) is 0 Å². The highest BCUT2D eigenvalue weighted by atomic mass is 31.0. The van der Waals surface area contributed by atoms with Gasteiger partial charge in [-0.05, 0) is 0 Å². The molecule has 10 heavy (non-hydrogen) atoms. The van der Waals surface area contributed by atoms with Crippen molar-refractivity contribution in [2.75, 3.05) is 19.6 Å². The standard InChI is InChI=1S/C4H9N2O3P/c7-4(3-6(8)9)1-5(10)2-4/h7H,1-3,10H2. The fourth-order valence-electron chi connectivity index (χ4n) is 1.05. The summed E-state index contributed by atoms with van der Waals surface area (Å²) >= 11 is 0. The van der Waals surface area contributed by atoms with Gasteiger partial charge in [-0.1, -0.05) is 9.39 Å². The Bertz CT molecular complexity index is 157. The van der Waals surface area contributed by atoms with Crippen LogP contribution in [0.5, 0.6) is 0 Å². The molecule has 1 aliphatic heterocycles. The van der Waals surface area contributed by atoms with Gasteiger partial charge in [0.15, 0.2) is 5.60 Å². The van der Waals surface area contributed by atoms with Crippen LogP contribution in [-0.2, 0) is 0 Å². The van der Waals surface area contributed by atoms with Crippen LogP contribution in [0.1, 0.15) is 0 Å². The number of hydrogen-bond donors (Lipinski definition) is 1. The molecule has 0 aromatic heterocycles. The van der Waals surface area contributed by atoms with E-state index in [1.807, 2.05) is 0 Å². The highest BCUT2D eigenvalue weighted by molar-refractivity contribution is 7.13. The van der Waals surface area contributed by atoms with Gasteiger partial charge < -0.3 is 5.11 Å². The van der Waals surface area contributed by atoms with Crippen molar-refractivity contribution in [3.8, 4) is 0 Å². The molecule has 1 rings (SSSR count). The maximum atomic E-state index is 9.93. The van der Waals surface area contributed by atoms with Crippen molar-refractivity contribution in [3.05, 3.63) is 10.1 Å². The van der Waals surface area contributed by atoms with Crippen LogP contribution in [0.4, 0.5) is 0 Å². The molecule has 1 aliphatic rings. The normalized spacial score (nSPS) is 23.8. The molecule has 1 saturated heterocycles. The summed E-state index contributed by atoms with van der Waals surface area (Å²) in [5.41, 5.74) is -1.08. The van der Waals surface area contributed by atoms with Crippen LogP contribution in [-0.4, -0.2) is 39.9 Å². The molecule has 5 nitrogen and oxygen atoms in total. The topological polar surface area (TPSA) is 66.6 Å². The van der Waals surface area contributed by atoms with Crippen molar-refractivity contribution in [2.24, 2.45) is 0 Å². The van der Waals surface area contributed by atoms with Gasteiger partial charge >= 0.3 is 0 Å². The van der Waals surface area contributed by atoms with Crippen LogP contribution in [0.15, 0.2) is 0 Å². The summed E-state index contributed by atoms with van der Waals surface area (Å²) in [6, 6.07) is 0. The predicted octanol–water partition coefficient (Wildman–Crippen LogP) is -0.900. The maximum Gasteiger partial charge on any atom is 0.234 e. The largest absolute Gasteiger partial charge is 0.380 e.